The molecule has 0 radical (unpaired) electrons. The number of amides is 1. The van der Waals surface area contributed by atoms with Crippen LogP contribution in [0.4, 0.5) is 5.69 Å². The molecule has 146 valence electrons. The number of hydrogen-bond acceptors (Lipinski definition) is 3. The molecule has 0 aliphatic carbocycles. The van der Waals surface area contributed by atoms with Crippen molar-refractivity contribution in [2.75, 3.05) is 11.9 Å². The van der Waals surface area contributed by atoms with E-state index in [1.54, 1.807) is 11.9 Å². The number of aromatic nitrogens is 2. The van der Waals surface area contributed by atoms with Crippen LogP contribution in [0.5, 0.6) is 5.75 Å². The van der Waals surface area contributed by atoms with E-state index in [2.05, 4.69) is 0 Å². The maximum absolute atomic E-state index is 13.0. The summed E-state index contributed by atoms with van der Waals surface area (Å²) < 4.78 is 7.95. The zero-order chi connectivity index (χ0) is 20.2. The second-order valence-corrected chi connectivity index (χ2v) is 6.95. The molecule has 0 fully saturated rings. The van der Waals surface area contributed by atoms with Crippen molar-refractivity contribution in [3.63, 3.8) is 0 Å². The van der Waals surface area contributed by atoms with E-state index in [1.807, 2.05) is 90.4 Å². The largest absolute Gasteiger partial charge is 0.485 e. The summed E-state index contributed by atoms with van der Waals surface area (Å²) in [6.07, 6.45) is 0. The van der Waals surface area contributed by atoms with E-state index in [0.29, 0.717) is 6.61 Å². The molecule has 0 aliphatic rings. The van der Waals surface area contributed by atoms with Crippen LogP contribution in [0.15, 0.2) is 78.9 Å². The van der Waals surface area contributed by atoms with Crippen LogP contribution in [0.1, 0.15) is 11.4 Å². The Hall–Kier alpha value is -3.60. The lowest BCUT2D eigenvalue weighted by molar-refractivity contribution is -0.118. The molecule has 5 heteroatoms. The molecule has 5 nitrogen and oxygen atoms in total. The Bertz CT molecular complexity index is 1140. The third-order valence-corrected chi connectivity index (χ3v) is 4.99. The standard InChI is InChI=1S/C24H23N3O2/c1-18-10-6-9-15-22(18)29-17-23-25-20-13-7-8-14-21(20)27(23)16-24(28)26(2)19-11-4-3-5-12-19/h3-15H,16-17H2,1-2H3. The van der Waals surface area contributed by atoms with Crippen LogP contribution in [0, 0.1) is 6.92 Å². The van der Waals surface area contributed by atoms with Gasteiger partial charge in [0.25, 0.3) is 0 Å². The molecule has 4 aromatic rings. The van der Waals surface area contributed by atoms with Crippen molar-refractivity contribution in [3.8, 4) is 5.75 Å². The summed E-state index contributed by atoms with van der Waals surface area (Å²) in [5, 5.41) is 0. The van der Waals surface area contributed by atoms with Gasteiger partial charge in [0.05, 0.1) is 11.0 Å². The summed E-state index contributed by atoms with van der Waals surface area (Å²) in [5.41, 5.74) is 3.70. The second-order valence-electron chi connectivity index (χ2n) is 6.95. The number of nitrogens with zero attached hydrogens (tertiary/aromatic N) is 3. The Morgan fingerprint density at radius 1 is 0.966 bits per heavy atom. The van der Waals surface area contributed by atoms with Gasteiger partial charge in [0, 0.05) is 12.7 Å². The summed E-state index contributed by atoms with van der Waals surface area (Å²) in [7, 11) is 1.79. The van der Waals surface area contributed by atoms with Crippen LogP contribution in [0.2, 0.25) is 0 Å². The van der Waals surface area contributed by atoms with Crippen LogP contribution in [0.3, 0.4) is 0 Å². The molecular formula is C24H23N3O2. The highest BCUT2D eigenvalue weighted by Crippen LogP contribution is 2.21. The summed E-state index contributed by atoms with van der Waals surface area (Å²) in [5.74, 6) is 1.53. The first-order valence-corrected chi connectivity index (χ1v) is 9.57. The molecule has 0 atom stereocenters. The van der Waals surface area contributed by atoms with Crippen molar-refractivity contribution in [1.29, 1.82) is 0 Å². The second kappa shape index (κ2) is 8.19. The predicted octanol–water partition coefficient (Wildman–Crippen LogP) is 4.59. The number of ether oxygens (including phenoxy) is 1. The topological polar surface area (TPSA) is 47.4 Å². The van der Waals surface area contributed by atoms with Crippen molar-refractivity contribution in [2.24, 2.45) is 0 Å². The first-order chi connectivity index (χ1) is 14.1. The Morgan fingerprint density at radius 2 is 1.66 bits per heavy atom. The molecule has 0 bridgehead atoms. The average molecular weight is 385 g/mol. The van der Waals surface area contributed by atoms with E-state index in [9.17, 15) is 4.79 Å². The average Bonchev–Trinajstić information content (AvgIpc) is 3.10. The number of anilines is 1. The van der Waals surface area contributed by atoms with Crippen LogP contribution < -0.4 is 9.64 Å². The smallest absolute Gasteiger partial charge is 0.246 e. The predicted molar refractivity (Wildman–Crippen MR) is 115 cm³/mol. The quantitative estimate of drug-likeness (QED) is 0.488. The number of rotatable bonds is 6. The van der Waals surface area contributed by atoms with Crippen molar-refractivity contribution >= 4 is 22.6 Å². The van der Waals surface area contributed by atoms with E-state index < -0.39 is 0 Å². The van der Waals surface area contributed by atoms with Crippen LogP contribution in [-0.2, 0) is 17.9 Å². The monoisotopic (exact) mass is 385 g/mol. The van der Waals surface area contributed by atoms with E-state index in [1.165, 1.54) is 0 Å². The first kappa shape index (κ1) is 18.7. The zero-order valence-corrected chi connectivity index (χ0v) is 16.6. The third kappa shape index (κ3) is 3.99. The highest BCUT2D eigenvalue weighted by atomic mass is 16.5. The van der Waals surface area contributed by atoms with Crippen molar-refractivity contribution in [3.05, 3.63) is 90.3 Å². The minimum atomic E-state index is -0.0171. The van der Waals surface area contributed by atoms with Gasteiger partial charge in [0.1, 0.15) is 24.7 Å². The summed E-state index contributed by atoms with van der Waals surface area (Å²) in [6, 6.07) is 25.3. The van der Waals surface area contributed by atoms with Crippen molar-refractivity contribution < 1.29 is 9.53 Å². The Labute approximate surface area is 170 Å². The third-order valence-electron chi connectivity index (χ3n) is 4.99. The summed E-state index contributed by atoms with van der Waals surface area (Å²) >= 11 is 0. The lowest BCUT2D eigenvalue weighted by Gasteiger charge is -2.19. The van der Waals surface area contributed by atoms with E-state index in [-0.39, 0.29) is 12.5 Å². The van der Waals surface area contributed by atoms with Gasteiger partial charge < -0.3 is 14.2 Å². The number of likely N-dealkylation sites (N-methyl/N-ethyl adjacent to an activating group) is 1. The molecule has 1 heterocycles. The van der Waals surface area contributed by atoms with Gasteiger partial charge in [-0.05, 0) is 42.8 Å². The molecule has 0 saturated carbocycles. The number of carbonyl (C=O) groups excluding carboxylic acids is 1. The fourth-order valence-corrected chi connectivity index (χ4v) is 3.31. The van der Waals surface area contributed by atoms with Gasteiger partial charge in [-0.25, -0.2) is 4.98 Å². The maximum atomic E-state index is 13.0. The highest BCUT2D eigenvalue weighted by molar-refractivity contribution is 5.93. The van der Waals surface area contributed by atoms with Crippen molar-refractivity contribution in [2.45, 2.75) is 20.1 Å². The molecule has 3 aromatic carbocycles. The van der Waals surface area contributed by atoms with Gasteiger partial charge in [0.2, 0.25) is 5.91 Å². The molecule has 0 spiro atoms. The SMILES string of the molecule is Cc1ccccc1OCc1nc2ccccc2n1CC(=O)N(C)c1ccccc1. The minimum absolute atomic E-state index is 0.0171. The number of carbonyl (C=O) groups is 1. The number of benzene rings is 3. The number of fused-ring (bicyclic) bond motifs is 1. The first-order valence-electron chi connectivity index (χ1n) is 9.57. The molecule has 1 aromatic heterocycles. The number of imidazole rings is 1. The van der Waals surface area contributed by atoms with Gasteiger partial charge in [-0.1, -0.05) is 48.5 Å². The van der Waals surface area contributed by atoms with E-state index >= 15 is 0 Å². The fraction of sp³-hybridized carbons (Fsp3) is 0.167. The lowest BCUT2D eigenvalue weighted by atomic mass is 10.2. The van der Waals surface area contributed by atoms with E-state index in [4.69, 9.17) is 9.72 Å². The number of hydrogen-bond donors (Lipinski definition) is 0. The fourth-order valence-electron chi connectivity index (χ4n) is 3.31. The van der Waals surface area contributed by atoms with Crippen LogP contribution >= 0.6 is 0 Å². The molecule has 0 unspecified atom stereocenters. The highest BCUT2D eigenvalue weighted by Gasteiger charge is 2.17. The zero-order valence-electron chi connectivity index (χ0n) is 16.6. The van der Waals surface area contributed by atoms with E-state index in [0.717, 1.165) is 33.9 Å². The van der Waals surface area contributed by atoms with Gasteiger partial charge in [-0.15, -0.1) is 0 Å². The molecule has 1 amide bonds. The summed E-state index contributed by atoms with van der Waals surface area (Å²) in [6.45, 7) is 2.50. The van der Waals surface area contributed by atoms with Crippen molar-refractivity contribution in [1.82, 2.24) is 9.55 Å². The molecule has 4 rings (SSSR count). The molecule has 0 saturated heterocycles. The number of aryl methyl sites for hydroxylation is 1. The van der Waals surface area contributed by atoms with Gasteiger partial charge in [-0.2, -0.15) is 0 Å². The van der Waals surface area contributed by atoms with Crippen LogP contribution in [0.25, 0.3) is 11.0 Å². The molecule has 29 heavy (non-hydrogen) atoms. The Morgan fingerprint density at radius 3 is 2.45 bits per heavy atom. The summed E-state index contributed by atoms with van der Waals surface area (Å²) in [4.78, 5) is 19.3. The maximum Gasteiger partial charge on any atom is 0.246 e. The Balaban J connectivity index is 1.61. The normalized spacial score (nSPS) is 10.8. The number of para-hydroxylation sites is 4. The van der Waals surface area contributed by atoms with Gasteiger partial charge in [0.15, 0.2) is 0 Å². The van der Waals surface area contributed by atoms with Gasteiger partial charge >= 0.3 is 0 Å². The van der Waals surface area contributed by atoms with Gasteiger partial charge in [-0.3, -0.25) is 4.79 Å². The lowest BCUT2D eigenvalue weighted by Crippen LogP contribution is -2.30. The molecule has 0 N–H and O–H groups in total. The Kier molecular flexibility index (Phi) is 5.29. The molecular weight excluding hydrogens is 362 g/mol. The minimum Gasteiger partial charge on any atom is -0.485 e. The van der Waals surface area contributed by atoms with Crippen LogP contribution in [-0.4, -0.2) is 22.5 Å². The molecule has 0 aliphatic heterocycles.